The van der Waals surface area contributed by atoms with E-state index in [4.69, 9.17) is 14.0 Å². The molecule has 2 aromatic rings. The van der Waals surface area contributed by atoms with Gasteiger partial charge in [0.25, 0.3) is 0 Å². The number of nitrogens with one attached hydrogen (secondary N) is 1. The molecule has 1 aromatic heterocycles. The van der Waals surface area contributed by atoms with Crippen LogP contribution in [0.15, 0.2) is 41.2 Å². The van der Waals surface area contributed by atoms with Crippen LogP contribution in [0.5, 0.6) is 5.75 Å². The summed E-state index contributed by atoms with van der Waals surface area (Å²) in [6, 6.07) is 8.01. The Morgan fingerprint density at radius 1 is 1.21 bits per heavy atom. The molecule has 0 fully saturated rings. The van der Waals surface area contributed by atoms with Gasteiger partial charge in [-0.15, -0.1) is 0 Å². The van der Waals surface area contributed by atoms with Gasteiger partial charge in [0.1, 0.15) is 18.6 Å². The lowest BCUT2D eigenvalue weighted by Crippen LogP contribution is -2.18. The molecule has 0 aliphatic rings. The molecule has 1 N–H and O–H groups in total. The van der Waals surface area contributed by atoms with Crippen LogP contribution in [0.4, 0.5) is 0 Å². The van der Waals surface area contributed by atoms with Crippen LogP contribution in [0.3, 0.4) is 0 Å². The number of benzene rings is 1. The molecule has 0 aliphatic carbocycles. The van der Waals surface area contributed by atoms with Crippen LogP contribution >= 0.6 is 0 Å². The summed E-state index contributed by atoms with van der Waals surface area (Å²) < 4.78 is 15.3. The first kappa shape index (κ1) is 13.6. The molecular formula is C14H18N2O3. The number of rotatable bonds is 8. The van der Waals surface area contributed by atoms with Crippen LogP contribution in [0.2, 0.25) is 0 Å². The van der Waals surface area contributed by atoms with E-state index in [-0.39, 0.29) is 0 Å². The zero-order valence-corrected chi connectivity index (χ0v) is 11.0. The smallest absolute Gasteiger partial charge is 0.130 e. The van der Waals surface area contributed by atoms with Crippen LogP contribution in [0, 0.1) is 0 Å². The zero-order valence-electron chi connectivity index (χ0n) is 11.0. The Kier molecular flexibility index (Phi) is 5.40. The second-order valence-electron chi connectivity index (χ2n) is 4.13. The normalized spacial score (nSPS) is 10.6. The summed E-state index contributed by atoms with van der Waals surface area (Å²) >= 11 is 0. The molecule has 0 atom stereocenters. The van der Waals surface area contributed by atoms with Crippen LogP contribution in [0.1, 0.15) is 11.1 Å². The summed E-state index contributed by atoms with van der Waals surface area (Å²) in [5.41, 5.74) is 2.14. The molecule has 0 unspecified atom stereocenters. The molecule has 5 heteroatoms. The maximum Gasteiger partial charge on any atom is 0.130 e. The Bertz CT molecular complexity index is 454. The largest absolute Gasteiger partial charge is 0.489 e. The SMILES string of the molecule is COCCNCc1ccc(OCc2cnoc2)cc1. The van der Waals surface area contributed by atoms with Crippen molar-refractivity contribution in [1.82, 2.24) is 10.5 Å². The lowest BCUT2D eigenvalue weighted by molar-refractivity contribution is 0.199. The van der Waals surface area contributed by atoms with E-state index >= 15 is 0 Å². The second-order valence-corrected chi connectivity index (χ2v) is 4.13. The highest BCUT2D eigenvalue weighted by Crippen LogP contribution is 2.14. The second kappa shape index (κ2) is 7.56. The van der Waals surface area contributed by atoms with E-state index in [0.717, 1.165) is 31.0 Å². The van der Waals surface area contributed by atoms with E-state index in [1.165, 1.54) is 5.56 Å². The fourth-order valence-corrected chi connectivity index (χ4v) is 1.58. The average molecular weight is 262 g/mol. The Morgan fingerprint density at radius 2 is 2.05 bits per heavy atom. The number of hydrogen-bond acceptors (Lipinski definition) is 5. The minimum Gasteiger partial charge on any atom is -0.489 e. The van der Waals surface area contributed by atoms with Gasteiger partial charge in [-0.1, -0.05) is 17.3 Å². The predicted octanol–water partition coefficient (Wildman–Crippen LogP) is 1.99. The van der Waals surface area contributed by atoms with Gasteiger partial charge in [-0.2, -0.15) is 0 Å². The van der Waals surface area contributed by atoms with E-state index in [9.17, 15) is 0 Å². The maximum absolute atomic E-state index is 5.61. The fourth-order valence-electron chi connectivity index (χ4n) is 1.58. The van der Waals surface area contributed by atoms with Gasteiger partial charge in [-0.25, -0.2) is 0 Å². The average Bonchev–Trinajstić information content (AvgIpc) is 2.96. The number of ether oxygens (including phenoxy) is 2. The third kappa shape index (κ3) is 4.73. The monoisotopic (exact) mass is 262 g/mol. The van der Waals surface area contributed by atoms with Crippen molar-refractivity contribution < 1.29 is 14.0 Å². The van der Waals surface area contributed by atoms with Gasteiger partial charge >= 0.3 is 0 Å². The molecule has 1 aromatic carbocycles. The van der Waals surface area contributed by atoms with Gasteiger partial charge in [-0.3, -0.25) is 0 Å². The fraction of sp³-hybridized carbons (Fsp3) is 0.357. The molecule has 0 amide bonds. The van der Waals surface area contributed by atoms with E-state index in [1.807, 2.05) is 24.3 Å². The van der Waals surface area contributed by atoms with Crippen molar-refractivity contribution in [2.45, 2.75) is 13.2 Å². The zero-order chi connectivity index (χ0) is 13.3. The molecule has 5 nitrogen and oxygen atoms in total. The molecule has 19 heavy (non-hydrogen) atoms. The van der Waals surface area contributed by atoms with Gasteiger partial charge in [0, 0.05) is 25.8 Å². The quantitative estimate of drug-likeness (QED) is 0.737. The molecule has 0 saturated carbocycles. The molecule has 0 aliphatic heterocycles. The molecule has 1 heterocycles. The summed E-state index contributed by atoms with van der Waals surface area (Å²) in [6.07, 6.45) is 3.22. The van der Waals surface area contributed by atoms with Gasteiger partial charge in [0.05, 0.1) is 12.8 Å². The van der Waals surface area contributed by atoms with Crippen molar-refractivity contribution in [2.75, 3.05) is 20.3 Å². The van der Waals surface area contributed by atoms with Crippen molar-refractivity contribution >= 4 is 0 Å². The standard InChI is InChI=1S/C14H18N2O3/c1-17-7-6-15-8-12-2-4-14(5-3-12)18-10-13-9-16-19-11-13/h2-5,9,11,15H,6-8,10H2,1H3. The Morgan fingerprint density at radius 3 is 2.74 bits per heavy atom. The topological polar surface area (TPSA) is 56.5 Å². The number of hydrogen-bond donors (Lipinski definition) is 1. The molecule has 0 saturated heterocycles. The maximum atomic E-state index is 5.61. The summed E-state index contributed by atoms with van der Waals surface area (Å²) in [5.74, 6) is 0.835. The number of methoxy groups -OCH3 is 1. The lowest BCUT2D eigenvalue weighted by atomic mass is 10.2. The summed E-state index contributed by atoms with van der Waals surface area (Å²) in [6.45, 7) is 2.87. The summed E-state index contributed by atoms with van der Waals surface area (Å²) in [4.78, 5) is 0. The van der Waals surface area contributed by atoms with E-state index in [2.05, 4.69) is 10.5 Å². The number of aromatic nitrogens is 1. The van der Waals surface area contributed by atoms with Crippen LogP contribution in [0.25, 0.3) is 0 Å². The van der Waals surface area contributed by atoms with Gasteiger partial charge < -0.3 is 19.3 Å². The first-order valence-corrected chi connectivity index (χ1v) is 6.18. The molecule has 0 bridgehead atoms. The first-order chi connectivity index (χ1) is 9.38. The number of nitrogens with zero attached hydrogens (tertiary/aromatic N) is 1. The Hall–Kier alpha value is -1.85. The Labute approximate surface area is 112 Å². The van der Waals surface area contributed by atoms with Crippen molar-refractivity contribution in [1.29, 1.82) is 0 Å². The van der Waals surface area contributed by atoms with Crippen molar-refractivity contribution in [3.8, 4) is 5.75 Å². The van der Waals surface area contributed by atoms with Crippen molar-refractivity contribution in [3.63, 3.8) is 0 Å². The highest BCUT2D eigenvalue weighted by atomic mass is 16.5. The minimum atomic E-state index is 0.467. The summed E-state index contributed by atoms with van der Waals surface area (Å²) in [7, 11) is 1.70. The van der Waals surface area contributed by atoms with Crippen LogP contribution < -0.4 is 10.1 Å². The Balaban J connectivity index is 1.74. The highest BCUT2D eigenvalue weighted by molar-refractivity contribution is 5.27. The molecular weight excluding hydrogens is 244 g/mol. The van der Waals surface area contributed by atoms with Crippen molar-refractivity contribution in [2.24, 2.45) is 0 Å². The van der Waals surface area contributed by atoms with E-state index < -0.39 is 0 Å². The summed E-state index contributed by atoms with van der Waals surface area (Å²) in [5, 5.41) is 6.91. The molecule has 2 rings (SSSR count). The minimum absolute atomic E-state index is 0.467. The first-order valence-electron chi connectivity index (χ1n) is 6.18. The lowest BCUT2D eigenvalue weighted by Gasteiger charge is -2.07. The van der Waals surface area contributed by atoms with Crippen molar-refractivity contribution in [3.05, 3.63) is 47.9 Å². The van der Waals surface area contributed by atoms with E-state index in [0.29, 0.717) is 6.61 Å². The molecule has 0 spiro atoms. The van der Waals surface area contributed by atoms with E-state index in [1.54, 1.807) is 19.6 Å². The highest BCUT2D eigenvalue weighted by Gasteiger charge is 1.99. The predicted molar refractivity (Wildman–Crippen MR) is 70.9 cm³/mol. The van der Waals surface area contributed by atoms with Crippen LogP contribution in [-0.2, 0) is 17.9 Å². The molecule has 0 radical (unpaired) electrons. The third-order valence-corrected chi connectivity index (χ3v) is 2.62. The third-order valence-electron chi connectivity index (χ3n) is 2.62. The van der Waals surface area contributed by atoms with Crippen LogP contribution in [-0.4, -0.2) is 25.4 Å². The van der Waals surface area contributed by atoms with Gasteiger partial charge in [-0.05, 0) is 17.7 Å². The molecule has 102 valence electrons. The van der Waals surface area contributed by atoms with Gasteiger partial charge in [0.15, 0.2) is 0 Å². The van der Waals surface area contributed by atoms with Gasteiger partial charge in [0.2, 0.25) is 0 Å².